The Bertz CT molecular complexity index is 265. The first-order chi connectivity index (χ1) is 5.13. The second-order valence-electron chi connectivity index (χ2n) is 2.43. The lowest BCUT2D eigenvalue weighted by molar-refractivity contribution is 0.614. The number of rotatable bonds is 1. The summed E-state index contributed by atoms with van der Waals surface area (Å²) in [6.45, 7) is 1.82. The highest BCUT2D eigenvalue weighted by molar-refractivity contribution is 9.10. The van der Waals surface area contributed by atoms with E-state index in [1.165, 1.54) is 6.07 Å². The summed E-state index contributed by atoms with van der Waals surface area (Å²) in [6, 6.07) is 4.71. The molecule has 1 atom stereocenters. The van der Waals surface area contributed by atoms with Crippen LogP contribution in [0.4, 0.5) is 4.39 Å². The third-order valence-electron chi connectivity index (χ3n) is 1.47. The molecule has 1 rings (SSSR count). The van der Waals surface area contributed by atoms with Crippen LogP contribution < -0.4 is 5.73 Å². The maximum absolute atomic E-state index is 12.8. The summed E-state index contributed by atoms with van der Waals surface area (Å²) in [6.07, 6.45) is 0. The van der Waals surface area contributed by atoms with Crippen molar-refractivity contribution in [2.45, 2.75) is 13.0 Å². The van der Waals surface area contributed by atoms with Gasteiger partial charge in [-0.1, -0.05) is 12.1 Å². The zero-order chi connectivity index (χ0) is 8.43. The number of nitrogens with two attached hydrogens (primary N) is 1. The first-order valence-corrected chi connectivity index (χ1v) is 4.11. The smallest absolute Gasteiger partial charge is 0.137 e. The van der Waals surface area contributed by atoms with Gasteiger partial charge in [-0.05, 0) is 34.5 Å². The first-order valence-electron chi connectivity index (χ1n) is 3.32. The second-order valence-corrected chi connectivity index (χ2v) is 3.22. The number of hydrogen-bond donors (Lipinski definition) is 1. The summed E-state index contributed by atoms with van der Waals surface area (Å²) in [5.41, 5.74) is 6.38. The molecule has 1 nitrogen and oxygen atoms in total. The predicted molar refractivity (Wildman–Crippen MR) is 54.0 cm³/mol. The standard InChI is InChI=1S/C8H9BrFN.ClH/c1-5(11)6-3-2-4-7(10)8(6)9;/h2-5H,11H2,1H3;1H/t5-;/m0./s1. The van der Waals surface area contributed by atoms with Crippen LogP contribution in [0.3, 0.4) is 0 Å². The largest absolute Gasteiger partial charge is 0.324 e. The highest BCUT2D eigenvalue weighted by atomic mass is 79.9. The van der Waals surface area contributed by atoms with E-state index < -0.39 is 0 Å². The molecule has 2 N–H and O–H groups in total. The second kappa shape index (κ2) is 4.80. The zero-order valence-corrected chi connectivity index (χ0v) is 8.95. The molecule has 0 saturated heterocycles. The number of benzene rings is 1. The Kier molecular flexibility index (Phi) is 4.75. The third-order valence-corrected chi connectivity index (χ3v) is 2.31. The van der Waals surface area contributed by atoms with Gasteiger partial charge in [0.15, 0.2) is 0 Å². The molecule has 0 aliphatic heterocycles. The van der Waals surface area contributed by atoms with Crippen LogP contribution in [0.5, 0.6) is 0 Å². The lowest BCUT2D eigenvalue weighted by Crippen LogP contribution is -2.06. The van der Waals surface area contributed by atoms with Crippen molar-refractivity contribution in [2.24, 2.45) is 5.73 Å². The van der Waals surface area contributed by atoms with Crippen LogP contribution in [0.2, 0.25) is 0 Å². The van der Waals surface area contributed by atoms with Gasteiger partial charge < -0.3 is 5.73 Å². The molecule has 0 saturated carbocycles. The van der Waals surface area contributed by atoms with E-state index in [0.29, 0.717) is 4.47 Å². The maximum atomic E-state index is 12.8. The third kappa shape index (κ3) is 2.44. The van der Waals surface area contributed by atoms with E-state index >= 15 is 0 Å². The lowest BCUT2D eigenvalue weighted by atomic mass is 10.1. The Morgan fingerprint density at radius 2 is 2.08 bits per heavy atom. The van der Waals surface area contributed by atoms with Crippen LogP contribution in [-0.2, 0) is 0 Å². The van der Waals surface area contributed by atoms with Crippen molar-refractivity contribution < 1.29 is 4.39 Å². The molecule has 0 spiro atoms. The van der Waals surface area contributed by atoms with Gasteiger partial charge in [-0.25, -0.2) is 4.39 Å². The number of hydrogen-bond acceptors (Lipinski definition) is 1. The van der Waals surface area contributed by atoms with Gasteiger partial charge in [0.2, 0.25) is 0 Å². The van der Waals surface area contributed by atoms with E-state index in [2.05, 4.69) is 15.9 Å². The Labute approximate surface area is 85.7 Å². The van der Waals surface area contributed by atoms with Crippen LogP contribution in [0.1, 0.15) is 18.5 Å². The molecule has 0 radical (unpaired) electrons. The summed E-state index contributed by atoms with van der Waals surface area (Å²) in [4.78, 5) is 0. The molecule has 0 aliphatic rings. The fourth-order valence-corrected chi connectivity index (χ4v) is 1.50. The molecular formula is C8H10BrClFN. The van der Waals surface area contributed by atoms with Crippen LogP contribution in [0.25, 0.3) is 0 Å². The Morgan fingerprint density at radius 1 is 1.50 bits per heavy atom. The normalized spacial score (nSPS) is 12.0. The van der Waals surface area contributed by atoms with Gasteiger partial charge in [-0.15, -0.1) is 12.4 Å². The van der Waals surface area contributed by atoms with Crippen molar-refractivity contribution in [2.75, 3.05) is 0 Å². The minimum atomic E-state index is -0.264. The van der Waals surface area contributed by atoms with Crippen molar-refractivity contribution >= 4 is 28.3 Å². The fourth-order valence-electron chi connectivity index (χ4n) is 0.872. The highest BCUT2D eigenvalue weighted by Crippen LogP contribution is 2.24. The molecule has 0 amide bonds. The SMILES string of the molecule is C[C@H](N)c1cccc(F)c1Br.Cl. The van der Waals surface area contributed by atoms with Crippen molar-refractivity contribution in [3.63, 3.8) is 0 Å². The van der Waals surface area contributed by atoms with Crippen LogP contribution in [-0.4, -0.2) is 0 Å². The average Bonchev–Trinajstić information content (AvgIpc) is 1.94. The molecule has 12 heavy (non-hydrogen) atoms. The summed E-state index contributed by atoms with van der Waals surface area (Å²) >= 11 is 3.13. The Balaban J connectivity index is 0.00000121. The van der Waals surface area contributed by atoms with E-state index in [1.807, 2.05) is 6.92 Å². The van der Waals surface area contributed by atoms with Crippen molar-refractivity contribution in [1.29, 1.82) is 0 Å². The quantitative estimate of drug-likeness (QED) is 0.819. The molecule has 4 heteroatoms. The van der Waals surface area contributed by atoms with Crippen molar-refractivity contribution in [3.8, 4) is 0 Å². The summed E-state index contributed by atoms with van der Waals surface area (Å²) in [5, 5.41) is 0. The average molecular weight is 255 g/mol. The summed E-state index contributed by atoms with van der Waals surface area (Å²) in [7, 11) is 0. The minimum absolute atomic E-state index is 0. The van der Waals surface area contributed by atoms with E-state index in [1.54, 1.807) is 12.1 Å². The van der Waals surface area contributed by atoms with Crippen molar-refractivity contribution in [1.82, 2.24) is 0 Å². The van der Waals surface area contributed by atoms with Crippen LogP contribution >= 0.6 is 28.3 Å². The maximum Gasteiger partial charge on any atom is 0.137 e. The van der Waals surface area contributed by atoms with Crippen LogP contribution in [0.15, 0.2) is 22.7 Å². The van der Waals surface area contributed by atoms with E-state index in [4.69, 9.17) is 5.73 Å². The monoisotopic (exact) mass is 253 g/mol. The van der Waals surface area contributed by atoms with Gasteiger partial charge >= 0.3 is 0 Å². The predicted octanol–water partition coefficient (Wildman–Crippen LogP) is 3.03. The molecule has 0 aliphatic carbocycles. The molecule has 1 aromatic carbocycles. The summed E-state index contributed by atoms with van der Waals surface area (Å²) < 4.78 is 13.3. The number of halogens is 3. The molecule has 0 aromatic heterocycles. The molecular weight excluding hydrogens is 244 g/mol. The van der Waals surface area contributed by atoms with Gasteiger partial charge in [0.25, 0.3) is 0 Å². The van der Waals surface area contributed by atoms with Gasteiger partial charge in [-0.3, -0.25) is 0 Å². The van der Waals surface area contributed by atoms with Gasteiger partial charge in [0, 0.05) is 6.04 Å². The van der Waals surface area contributed by atoms with Crippen LogP contribution in [0, 0.1) is 5.82 Å². The van der Waals surface area contributed by atoms with E-state index in [0.717, 1.165) is 5.56 Å². The van der Waals surface area contributed by atoms with Gasteiger partial charge in [-0.2, -0.15) is 0 Å². The molecule has 68 valence electrons. The van der Waals surface area contributed by atoms with E-state index in [9.17, 15) is 4.39 Å². The fraction of sp³-hybridized carbons (Fsp3) is 0.250. The molecule has 0 unspecified atom stereocenters. The molecule has 0 fully saturated rings. The van der Waals surface area contributed by atoms with Gasteiger partial charge in [0.05, 0.1) is 4.47 Å². The minimum Gasteiger partial charge on any atom is -0.324 e. The Hall–Kier alpha value is -0.120. The van der Waals surface area contributed by atoms with Gasteiger partial charge in [0.1, 0.15) is 5.82 Å². The topological polar surface area (TPSA) is 26.0 Å². The first kappa shape index (κ1) is 11.9. The highest BCUT2D eigenvalue weighted by Gasteiger charge is 2.07. The van der Waals surface area contributed by atoms with E-state index in [-0.39, 0.29) is 24.3 Å². The van der Waals surface area contributed by atoms with Crippen molar-refractivity contribution in [3.05, 3.63) is 34.1 Å². The summed E-state index contributed by atoms with van der Waals surface area (Å²) in [5.74, 6) is -0.264. The molecule has 1 aromatic rings. The lowest BCUT2D eigenvalue weighted by Gasteiger charge is -2.07. The molecule has 0 bridgehead atoms. The Morgan fingerprint density at radius 3 is 2.50 bits per heavy atom. The molecule has 0 heterocycles. The zero-order valence-electron chi connectivity index (χ0n) is 6.55.